The van der Waals surface area contributed by atoms with Crippen molar-refractivity contribution in [3.8, 4) is 5.69 Å². The number of nitrogens with zero attached hydrogens (tertiary/aromatic N) is 2. The first-order chi connectivity index (χ1) is 7.24. The summed E-state index contributed by atoms with van der Waals surface area (Å²) in [6, 6.07) is 7.58. The summed E-state index contributed by atoms with van der Waals surface area (Å²) in [6.07, 6.45) is 0.804. The van der Waals surface area contributed by atoms with Crippen LogP contribution in [0, 0.1) is 4.77 Å². The Kier molecular flexibility index (Phi) is 2.88. The van der Waals surface area contributed by atoms with Crippen molar-refractivity contribution in [2.75, 3.05) is 0 Å². The standard InChI is InChI=1S/C10H10ClN3S/c1-2-9-12-13-10(15)14(9)8-6-4-3-5-7(8)11/h3-6H,2H2,1H3,(H,13,15). The fourth-order valence-electron chi connectivity index (χ4n) is 1.45. The molecule has 0 bridgehead atoms. The van der Waals surface area contributed by atoms with E-state index in [2.05, 4.69) is 10.2 Å². The van der Waals surface area contributed by atoms with Crippen molar-refractivity contribution in [3.05, 3.63) is 39.9 Å². The first-order valence-corrected chi connectivity index (χ1v) is 5.44. The normalized spacial score (nSPS) is 10.5. The smallest absolute Gasteiger partial charge is 0.199 e. The molecule has 2 aromatic rings. The van der Waals surface area contributed by atoms with E-state index >= 15 is 0 Å². The molecule has 0 aliphatic carbocycles. The lowest BCUT2D eigenvalue weighted by molar-refractivity contribution is 0.880. The van der Waals surface area contributed by atoms with Crippen LogP contribution in [0.4, 0.5) is 0 Å². The highest BCUT2D eigenvalue weighted by Gasteiger charge is 2.08. The Balaban J connectivity index is 2.68. The number of benzene rings is 1. The van der Waals surface area contributed by atoms with Crippen LogP contribution in [0.3, 0.4) is 0 Å². The van der Waals surface area contributed by atoms with Gasteiger partial charge in [-0.2, -0.15) is 5.10 Å². The van der Waals surface area contributed by atoms with Gasteiger partial charge in [0.25, 0.3) is 0 Å². The molecule has 0 aliphatic rings. The van der Waals surface area contributed by atoms with Crippen LogP contribution in [0.2, 0.25) is 5.02 Å². The maximum absolute atomic E-state index is 6.11. The van der Waals surface area contributed by atoms with Gasteiger partial charge in [0.1, 0.15) is 5.82 Å². The topological polar surface area (TPSA) is 33.6 Å². The summed E-state index contributed by atoms with van der Waals surface area (Å²) < 4.78 is 2.43. The van der Waals surface area contributed by atoms with Crippen LogP contribution in [-0.4, -0.2) is 14.8 Å². The Morgan fingerprint density at radius 2 is 2.20 bits per heavy atom. The molecule has 0 saturated heterocycles. The largest absolute Gasteiger partial charge is 0.271 e. The molecule has 0 saturated carbocycles. The summed E-state index contributed by atoms with van der Waals surface area (Å²) >= 11 is 11.3. The summed E-state index contributed by atoms with van der Waals surface area (Å²) in [7, 11) is 0. The monoisotopic (exact) mass is 239 g/mol. The molecule has 1 N–H and O–H groups in total. The molecule has 0 spiro atoms. The molecular formula is C10H10ClN3S. The van der Waals surface area contributed by atoms with E-state index in [-0.39, 0.29) is 0 Å². The third-order valence-corrected chi connectivity index (χ3v) is 2.74. The average molecular weight is 240 g/mol. The minimum atomic E-state index is 0.569. The molecule has 0 amide bonds. The van der Waals surface area contributed by atoms with Gasteiger partial charge in [-0.15, -0.1) is 0 Å². The van der Waals surface area contributed by atoms with Gasteiger partial charge >= 0.3 is 0 Å². The maximum atomic E-state index is 6.11. The van der Waals surface area contributed by atoms with Crippen LogP contribution in [-0.2, 0) is 6.42 Å². The second-order valence-electron chi connectivity index (χ2n) is 3.09. The number of aromatic nitrogens is 3. The highest BCUT2D eigenvalue weighted by Crippen LogP contribution is 2.21. The molecule has 1 heterocycles. The van der Waals surface area contributed by atoms with Gasteiger partial charge in [0.2, 0.25) is 0 Å². The molecule has 0 atom stereocenters. The van der Waals surface area contributed by atoms with Crippen LogP contribution in [0.25, 0.3) is 5.69 Å². The molecule has 2 rings (SSSR count). The second-order valence-corrected chi connectivity index (χ2v) is 3.88. The molecule has 0 unspecified atom stereocenters. The molecule has 15 heavy (non-hydrogen) atoms. The highest BCUT2D eigenvalue weighted by molar-refractivity contribution is 7.71. The number of hydrogen-bond donors (Lipinski definition) is 1. The Labute approximate surface area is 97.7 Å². The summed E-state index contributed by atoms with van der Waals surface area (Å²) in [4.78, 5) is 0. The predicted octanol–water partition coefficient (Wildman–Crippen LogP) is 3.15. The van der Waals surface area contributed by atoms with E-state index in [1.165, 1.54) is 0 Å². The lowest BCUT2D eigenvalue weighted by atomic mass is 10.3. The van der Waals surface area contributed by atoms with Crippen LogP contribution in [0.5, 0.6) is 0 Å². The van der Waals surface area contributed by atoms with Crippen molar-refractivity contribution in [2.24, 2.45) is 0 Å². The van der Waals surface area contributed by atoms with Crippen molar-refractivity contribution in [1.82, 2.24) is 14.8 Å². The van der Waals surface area contributed by atoms with E-state index in [4.69, 9.17) is 23.8 Å². The van der Waals surface area contributed by atoms with Crippen LogP contribution < -0.4 is 0 Å². The first kappa shape index (κ1) is 10.4. The summed E-state index contributed by atoms with van der Waals surface area (Å²) in [5.41, 5.74) is 0.870. The average Bonchev–Trinajstić information content (AvgIpc) is 2.60. The quantitative estimate of drug-likeness (QED) is 0.817. The number of para-hydroxylation sites is 1. The van der Waals surface area contributed by atoms with Gasteiger partial charge in [-0.3, -0.25) is 9.67 Å². The summed E-state index contributed by atoms with van der Waals surface area (Å²) in [6.45, 7) is 2.03. The Hall–Kier alpha value is -1.13. The fourth-order valence-corrected chi connectivity index (χ4v) is 1.92. The van der Waals surface area contributed by atoms with E-state index in [0.29, 0.717) is 9.79 Å². The number of aromatic amines is 1. The minimum Gasteiger partial charge on any atom is -0.271 e. The summed E-state index contributed by atoms with van der Waals surface area (Å²) in [5.74, 6) is 0.883. The van der Waals surface area contributed by atoms with E-state index in [0.717, 1.165) is 17.9 Å². The number of rotatable bonds is 2. The molecule has 5 heteroatoms. The molecule has 1 aromatic carbocycles. The van der Waals surface area contributed by atoms with Crippen molar-refractivity contribution in [1.29, 1.82) is 0 Å². The maximum Gasteiger partial charge on any atom is 0.199 e. The van der Waals surface area contributed by atoms with Gasteiger partial charge in [-0.1, -0.05) is 30.7 Å². The SMILES string of the molecule is CCc1n[nH]c(=S)n1-c1ccccc1Cl. The molecule has 1 aromatic heterocycles. The third kappa shape index (κ3) is 1.82. The Morgan fingerprint density at radius 1 is 1.47 bits per heavy atom. The van der Waals surface area contributed by atoms with Gasteiger partial charge in [0, 0.05) is 6.42 Å². The van der Waals surface area contributed by atoms with Crippen LogP contribution in [0.1, 0.15) is 12.7 Å². The van der Waals surface area contributed by atoms with Crippen molar-refractivity contribution in [2.45, 2.75) is 13.3 Å². The van der Waals surface area contributed by atoms with Gasteiger partial charge in [-0.05, 0) is 24.4 Å². The van der Waals surface area contributed by atoms with Crippen molar-refractivity contribution in [3.63, 3.8) is 0 Å². The number of halogens is 1. The van der Waals surface area contributed by atoms with E-state index in [1.807, 2.05) is 35.8 Å². The van der Waals surface area contributed by atoms with Crippen molar-refractivity contribution >= 4 is 23.8 Å². The van der Waals surface area contributed by atoms with Crippen LogP contribution >= 0.6 is 23.8 Å². The van der Waals surface area contributed by atoms with E-state index in [1.54, 1.807) is 0 Å². The first-order valence-electron chi connectivity index (χ1n) is 4.65. The number of hydrogen-bond acceptors (Lipinski definition) is 2. The summed E-state index contributed by atoms with van der Waals surface area (Å²) in [5, 5.41) is 7.58. The van der Waals surface area contributed by atoms with Gasteiger partial charge in [-0.25, -0.2) is 0 Å². The molecule has 0 aliphatic heterocycles. The Bertz CT molecular complexity index is 529. The molecule has 0 radical (unpaired) electrons. The minimum absolute atomic E-state index is 0.569. The molecule has 0 fully saturated rings. The lowest BCUT2D eigenvalue weighted by Gasteiger charge is -2.06. The highest BCUT2D eigenvalue weighted by atomic mass is 35.5. The molecule has 3 nitrogen and oxygen atoms in total. The zero-order valence-corrected chi connectivity index (χ0v) is 9.77. The van der Waals surface area contributed by atoms with Crippen LogP contribution in [0.15, 0.2) is 24.3 Å². The fraction of sp³-hybridized carbons (Fsp3) is 0.200. The number of H-pyrrole nitrogens is 1. The predicted molar refractivity (Wildman–Crippen MR) is 63.1 cm³/mol. The zero-order valence-electron chi connectivity index (χ0n) is 8.20. The number of aryl methyl sites for hydroxylation is 1. The molecular weight excluding hydrogens is 230 g/mol. The van der Waals surface area contributed by atoms with E-state index in [9.17, 15) is 0 Å². The number of nitrogens with one attached hydrogen (secondary N) is 1. The Morgan fingerprint density at radius 3 is 2.87 bits per heavy atom. The van der Waals surface area contributed by atoms with Gasteiger partial charge in [0.05, 0.1) is 10.7 Å². The van der Waals surface area contributed by atoms with Gasteiger partial charge < -0.3 is 0 Å². The van der Waals surface area contributed by atoms with Crippen molar-refractivity contribution < 1.29 is 0 Å². The van der Waals surface area contributed by atoms with Gasteiger partial charge in [0.15, 0.2) is 4.77 Å². The lowest BCUT2D eigenvalue weighted by Crippen LogP contribution is -2.00. The van der Waals surface area contributed by atoms with E-state index < -0.39 is 0 Å². The molecule has 78 valence electrons. The third-order valence-electron chi connectivity index (χ3n) is 2.15. The zero-order chi connectivity index (χ0) is 10.8. The second kappa shape index (κ2) is 4.16.